The topological polar surface area (TPSA) is 72.8 Å². The fourth-order valence-electron chi connectivity index (χ4n) is 1.13. The van der Waals surface area contributed by atoms with E-state index in [9.17, 15) is 9.59 Å². The lowest BCUT2D eigenvalue weighted by atomic mass is 10.2. The largest absolute Gasteiger partial charge is 0.496 e. The van der Waals surface area contributed by atoms with Crippen molar-refractivity contribution in [2.45, 2.75) is 6.92 Å². The molecule has 0 heterocycles. The first-order valence-corrected chi connectivity index (χ1v) is 4.15. The van der Waals surface area contributed by atoms with Gasteiger partial charge in [-0.05, 0) is 12.1 Å². The summed E-state index contributed by atoms with van der Waals surface area (Å²) in [7, 11) is 1.35. The minimum atomic E-state index is -1.20. The zero-order valence-corrected chi connectivity index (χ0v) is 8.31. The monoisotopic (exact) mass is 210 g/mol. The first-order valence-electron chi connectivity index (χ1n) is 4.15. The zero-order valence-electron chi connectivity index (χ0n) is 8.31. The van der Waals surface area contributed by atoms with Crippen LogP contribution in [0.25, 0.3) is 0 Å². The SMILES string of the molecule is COc1cccc(OC(C)=O)c1C(=O)O. The molecule has 0 saturated heterocycles. The third-order valence-corrected chi connectivity index (χ3v) is 1.68. The molecule has 0 atom stereocenters. The maximum absolute atomic E-state index is 10.9. The first-order chi connectivity index (χ1) is 7.06. The highest BCUT2D eigenvalue weighted by Gasteiger charge is 2.18. The average Bonchev–Trinajstić information content (AvgIpc) is 2.15. The normalized spacial score (nSPS) is 9.47. The second-order valence-electron chi connectivity index (χ2n) is 2.73. The number of rotatable bonds is 3. The van der Waals surface area contributed by atoms with Crippen molar-refractivity contribution in [3.63, 3.8) is 0 Å². The number of carbonyl (C=O) groups excluding carboxylic acids is 1. The predicted molar refractivity (Wildman–Crippen MR) is 51.3 cm³/mol. The van der Waals surface area contributed by atoms with Crippen LogP contribution in [0.2, 0.25) is 0 Å². The molecule has 0 aliphatic heterocycles. The van der Waals surface area contributed by atoms with Crippen LogP contribution in [0.3, 0.4) is 0 Å². The molecule has 1 rings (SSSR count). The van der Waals surface area contributed by atoms with Crippen LogP contribution < -0.4 is 9.47 Å². The van der Waals surface area contributed by atoms with Gasteiger partial charge in [0.15, 0.2) is 0 Å². The molecule has 0 aliphatic rings. The minimum Gasteiger partial charge on any atom is -0.496 e. The molecule has 0 unspecified atom stereocenters. The van der Waals surface area contributed by atoms with Gasteiger partial charge in [-0.1, -0.05) is 6.07 Å². The van der Waals surface area contributed by atoms with Gasteiger partial charge in [-0.15, -0.1) is 0 Å². The molecule has 1 aromatic rings. The number of carboxylic acid groups (broad SMARTS) is 1. The Morgan fingerprint density at radius 1 is 1.27 bits per heavy atom. The summed E-state index contributed by atoms with van der Waals surface area (Å²) in [5.74, 6) is -1.65. The number of carboxylic acids is 1. The molecule has 0 amide bonds. The molecule has 0 spiro atoms. The Balaban J connectivity index is 3.25. The minimum absolute atomic E-state index is 0.0191. The molecular weight excluding hydrogens is 200 g/mol. The summed E-state index contributed by atoms with van der Waals surface area (Å²) in [5, 5.41) is 8.92. The van der Waals surface area contributed by atoms with E-state index < -0.39 is 11.9 Å². The van der Waals surface area contributed by atoms with Crippen molar-refractivity contribution in [3.8, 4) is 11.5 Å². The van der Waals surface area contributed by atoms with Crippen LogP contribution in [-0.4, -0.2) is 24.2 Å². The van der Waals surface area contributed by atoms with E-state index in [1.54, 1.807) is 6.07 Å². The fraction of sp³-hybridized carbons (Fsp3) is 0.200. The predicted octanol–water partition coefficient (Wildman–Crippen LogP) is 1.32. The van der Waals surface area contributed by atoms with Gasteiger partial charge in [0.25, 0.3) is 0 Å². The molecule has 0 saturated carbocycles. The Bertz CT molecular complexity index is 397. The number of aromatic carboxylic acids is 1. The third kappa shape index (κ3) is 2.46. The van der Waals surface area contributed by atoms with Crippen molar-refractivity contribution in [3.05, 3.63) is 23.8 Å². The van der Waals surface area contributed by atoms with Crippen molar-refractivity contribution in [2.75, 3.05) is 7.11 Å². The van der Waals surface area contributed by atoms with Crippen molar-refractivity contribution < 1.29 is 24.2 Å². The average molecular weight is 210 g/mol. The highest BCUT2D eigenvalue weighted by atomic mass is 16.5. The molecule has 0 aromatic heterocycles. The second-order valence-corrected chi connectivity index (χ2v) is 2.73. The van der Waals surface area contributed by atoms with Crippen LogP contribution in [0.1, 0.15) is 17.3 Å². The van der Waals surface area contributed by atoms with Gasteiger partial charge < -0.3 is 14.6 Å². The molecule has 1 aromatic carbocycles. The van der Waals surface area contributed by atoms with E-state index >= 15 is 0 Å². The van der Waals surface area contributed by atoms with Gasteiger partial charge in [0.2, 0.25) is 0 Å². The fourth-order valence-corrected chi connectivity index (χ4v) is 1.13. The molecular formula is C10H10O5. The summed E-state index contributed by atoms with van der Waals surface area (Å²) in [4.78, 5) is 21.6. The Morgan fingerprint density at radius 2 is 1.87 bits per heavy atom. The van der Waals surface area contributed by atoms with E-state index in [0.29, 0.717) is 0 Å². The molecule has 5 nitrogen and oxygen atoms in total. The van der Waals surface area contributed by atoms with Crippen LogP contribution in [0, 0.1) is 0 Å². The zero-order chi connectivity index (χ0) is 11.4. The molecule has 80 valence electrons. The molecule has 0 radical (unpaired) electrons. The lowest BCUT2D eigenvalue weighted by Crippen LogP contribution is -2.08. The number of benzene rings is 1. The van der Waals surface area contributed by atoms with Gasteiger partial charge in [0.05, 0.1) is 7.11 Å². The number of methoxy groups -OCH3 is 1. The highest BCUT2D eigenvalue weighted by Crippen LogP contribution is 2.28. The molecule has 0 bridgehead atoms. The maximum Gasteiger partial charge on any atom is 0.343 e. The van der Waals surface area contributed by atoms with Crippen molar-refractivity contribution in [1.29, 1.82) is 0 Å². The Hall–Kier alpha value is -2.04. The molecule has 5 heteroatoms. The van der Waals surface area contributed by atoms with Crippen LogP contribution in [0.5, 0.6) is 11.5 Å². The van der Waals surface area contributed by atoms with Gasteiger partial charge in [0, 0.05) is 6.92 Å². The molecule has 1 N–H and O–H groups in total. The maximum atomic E-state index is 10.9. The summed E-state index contributed by atoms with van der Waals surface area (Å²) in [6.45, 7) is 1.20. The lowest BCUT2D eigenvalue weighted by molar-refractivity contribution is -0.131. The summed E-state index contributed by atoms with van der Waals surface area (Å²) >= 11 is 0. The van der Waals surface area contributed by atoms with Crippen molar-refractivity contribution >= 4 is 11.9 Å². The van der Waals surface area contributed by atoms with E-state index in [1.807, 2.05) is 0 Å². The van der Waals surface area contributed by atoms with E-state index in [2.05, 4.69) is 0 Å². The van der Waals surface area contributed by atoms with Crippen LogP contribution >= 0.6 is 0 Å². The van der Waals surface area contributed by atoms with Crippen molar-refractivity contribution in [1.82, 2.24) is 0 Å². The number of carbonyl (C=O) groups is 2. The van der Waals surface area contributed by atoms with Gasteiger partial charge in [-0.3, -0.25) is 4.79 Å². The van der Waals surface area contributed by atoms with Crippen LogP contribution in [0.4, 0.5) is 0 Å². The van der Waals surface area contributed by atoms with E-state index in [-0.39, 0.29) is 17.1 Å². The highest BCUT2D eigenvalue weighted by molar-refractivity contribution is 5.95. The van der Waals surface area contributed by atoms with E-state index in [0.717, 1.165) is 0 Å². The van der Waals surface area contributed by atoms with E-state index in [4.69, 9.17) is 14.6 Å². The van der Waals surface area contributed by atoms with Crippen LogP contribution in [-0.2, 0) is 4.79 Å². The number of hydrogen-bond acceptors (Lipinski definition) is 4. The lowest BCUT2D eigenvalue weighted by Gasteiger charge is -2.09. The molecule has 0 fully saturated rings. The van der Waals surface area contributed by atoms with Gasteiger partial charge in [-0.2, -0.15) is 0 Å². The standard InChI is InChI=1S/C10H10O5/c1-6(11)15-8-5-3-4-7(14-2)9(8)10(12)13/h3-5H,1-2H3,(H,12,13). The van der Waals surface area contributed by atoms with Gasteiger partial charge >= 0.3 is 11.9 Å². The number of ether oxygens (including phenoxy) is 2. The summed E-state index contributed by atoms with van der Waals surface area (Å²) < 4.78 is 9.61. The number of esters is 1. The Kier molecular flexibility index (Phi) is 3.28. The summed E-state index contributed by atoms with van der Waals surface area (Å²) in [6, 6.07) is 4.42. The number of hydrogen-bond donors (Lipinski definition) is 1. The van der Waals surface area contributed by atoms with Gasteiger partial charge in [0.1, 0.15) is 17.1 Å². The van der Waals surface area contributed by atoms with E-state index in [1.165, 1.54) is 26.2 Å². The summed E-state index contributed by atoms with van der Waals surface area (Å²) in [5.41, 5.74) is -0.157. The third-order valence-electron chi connectivity index (χ3n) is 1.68. The molecule has 0 aliphatic carbocycles. The Labute approximate surface area is 86.2 Å². The van der Waals surface area contributed by atoms with Gasteiger partial charge in [-0.25, -0.2) is 4.79 Å². The summed E-state index contributed by atoms with van der Waals surface area (Å²) in [6.07, 6.45) is 0. The smallest absolute Gasteiger partial charge is 0.343 e. The molecule has 15 heavy (non-hydrogen) atoms. The quantitative estimate of drug-likeness (QED) is 0.601. The Morgan fingerprint density at radius 3 is 2.33 bits per heavy atom. The van der Waals surface area contributed by atoms with Crippen molar-refractivity contribution in [2.24, 2.45) is 0 Å². The van der Waals surface area contributed by atoms with Crippen LogP contribution in [0.15, 0.2) is 18.2 Å². The first kappa shape index (κ1) is 11.0. The second kappa shape index (κ2) is 4.45.